The molecular formula is C18H19N3O4S. The van der Waals surface area contributed by atoms with Gasteiger partial charge in [-0.1, -0.05) is 0 Å². The number of ether oxygens (including phenoxy) is 2. The van der Waals surface area contributed by atoms with Gasteiger partial charge in [0.25, 0.3) is 5.56 Å². The molecule has 0 bridgehead atoms. The van der Waals surface area contributed by atoms with Gasteiger partial charge in [0.15, 0.2) is 0 Å². The fourth-order valence-electron chi connectivity index (χ4n) is 2.70. The standard InChI is InChI=1S/C18H19N3O4S/c1-11(14-8-12(24-2)4-5-15(14)25-3)20-16(22)9-21-10-19-17-13(18(21)23)6-7-26-17/h4-8,10-11H,9H2,1-3H3,(H,20,22)/t11-/m1/s1. The van der Waals surface area contributed by atoms with Crippen molar-refractivity contribution in [1.82, 2.24) is 14.9 Å². The highest BCUT2D eigenvalue weighted by Crippen LogP contribution is 2.29. The average Bonchev–Trinajstić information content (AvgIpc) is 3.13. The Kier molecular flexibility index (Phi) is 5.22. The summed E-state index contributed by atoms with van der Waals surface area (Å²) in [4.78, 5) is 29.7. The molecule has 1 amide bonds. The van der Waals surface area contributed by atoms with Crippen LogP contribution in [0.15, 0.2) is 40.8 Å². The Hall–Kier alpha value is -2.87. The zero-order chi connectivity index (χ0) is 18.7. The van der Waals surface area contributed by atoms with E-state index in [0.29, 0.717) is 21.7 Å². The molecule has 26 heavy (non-hydrogen) atoms. The van der Waals surface area contributed by atoms with Crippen LogP contribution < -0.4 is 20.3 Å². The third-order valence-corrected chi connectivity index (χ3v) is 4.87. The van der Waals surface area contributed by atoms with E-state index in [9.17, 15) is 9.59 Å². The monoisotopic (exact) mass is 373 g/mol. The van der Waals surface area contributed by atoms with E-state index in [1.165, 1.54) is 22.2 Å². The van der Waals surface area contributed by atoms with Crippen molar-refractivity contribution >= 4 is 27.5 Å². The summed E-state index contributed by atoms with van der Waals surface area (Å²) in [5, 5.41) is 5.21. The SMILES string of the molecule is COc1ccc(OC)c([C@@H](C)NC(=O)Cn2cnc3sccc3c2=O)c1. The minimum Gasteiger partial charge on any atom is -0.497 e. The Morgan fingerprint density at radius 2 is 2.12 bits per heavy atom. The molecule has 3 rings (SSSR count). The molecule has 136 valence electrons. The average molecular weight is 373 g/mol. The molecule has 0 saturated heterocycles. The van der Waals surface area contributed by atoms with Gasteiger partial charge in [-0.05, 0) is 36.6 Å². The van der Waals surface area contributed by atoms with Crippen molar-refractivity contribution < 1.29 is 14.3 Å². The van der Waals surface area contributed by atoms with Crippen LogP contribution >= 0.6 is 11.3 Å². The van der Waals surface area contributed by atoms with Crippen molar-refractivity contribution in [2.75, 3.05) is 14.2 Å². The van der Waals surface area contributed by atoms with Crippen molar-refractivity contribution in [1.29, 1.82) is 0 Å². The second-order valence-corrected chi connectivity index (χ2v) is 6.61. The third kappa shape index (κ3) is 3.55. The first-order valence-corrected chi connectivity index (χ1v) is 8.85. The summed E-state index contributed by atoms with van der Waals surface area (Å²) in [6, 6.07) is 6.79. The van der Waals surface area contributed by atoms with Crippen molar-refractivity contribution in [2.24, 2.45) is 0 Å². The fourth-order valence-corrected chi connectivity index (χ4v) is 3.43. The predicted octanol–water partition coefficient (Wildman–Crippen LogP) is 2.35. The number of carbonyl (C=O) groups is 1. The molecular weight excluding hydrogens is 354 g/mol. The zero-order valence-electron chi connectivity index (χ0n) is 14.7. The van der Waals surface area contributed by atoms with E-state index < -0.39 is 0 Å². The summed E-state index contributed by atoms with van der Waals surface area (Å²) in [6.07, 6.45) is 1.40. The van der Waals surface area contributed by atoms with E-state index in [1.807, 2.05) is 13.0 Å². The van der Waals surface area contributed by atoms with Crippen molar-refractivity contribution in [2.45, 2.75) is 19.5 Å². The molecule has 0 aliphatic rings. The number of hydrogen-bond donors (Lipinski definition) is 1. The maximum absolute atomic E-state index is 12.4. The van der Waals surface area contributed by atoms with Crippen LogP contribution in [0.2, 0.25) is 0 Å². The van der Waals surface area contributed by atoms with Crippen molar-refractivity contribution in [3.63, 3.8) is 0 Å². The maximum atomic E-state index is 12.4. The molecule has 0 radical (unpaired) electrons. The van der Waals surface area contributed by atoms with E-state index in [4.69, 9.17) is 9.47 Å². The van der Waals surface area contributed by atoms with Crippen LogP contribution in [0.1, 0.15) is 18.5 Å². The van der Waals surface area contributed by atoms with Crippen LogP contribution in [0.3, 0.4) is 0 Å². The number of carbonyl (C=O) groups excluding carboxylic acids is 1. The molecule has 8 heteroatoms. The van der Waals surface area contributed by atoms with Crippen LogP contribution in [-0.4, -0.2) is 29.7 Å². The van der Waals surface area contributed by atoms with Crippen molar-refractivity contribution in [3.05, 3.63) is 51.9 Å². The highest BCUT2D eigenvalue weighted by Gasteiger charge is 2.16. The number of methoxy groups -OCH3 is 2. The lowest BCUT2D eigenvalue weighted by atomic mass is 10.1. The van der Waals surface area contributed by atoms with Gasteiger partial charge in [-0.2, -0.15) is 0 Å². The van der Waals surface area contributed by atoms with E-state index in [0.717, 1.165) is 5.56 Å². The number of nitrogens with zero attached hydrogens (tertiary/aromatic N) is 2. The number of amides is 1. The lowest BCUT2D eigenvalue weighted by molar-refractivity contribution is -0.122. The van der Waals surface area contributed by atoms with Gasteiger partial charge in [0, 0.05) is 5.56 Å². The lowest BCUT2D eigenvalue weighted by Gasteiger charge is -2.18. The Bertz CT molecular complexity index is 996. The number of fused-ring (bicyclic) bond motifs is 1. The van der Waals surface area contributed by atoms with Crippen LogP contribution in [0, 0.1) is 0 Å². The summed E-state index contributed by atoms with van der Waals surface area (Å²) < 4.78 is 11.9. The van der Waals surface area contributed by atoms with E-state index in [2.05, 4.69) is 10.3 Å². The van der Waals surface area contributed by atoms with Gasteiger partial charge in [-0.25, -0.2) is 4.98 Å². The number of aromatic nitrogens is 2. The Morgan fingerprint density at radius 1 is 1.31 bits per heavy atom. The zero-order valence-corrected chi connectivity index (χ0v) is 15.5. The first kappa shape index (κ1) is 17.9. The summed E-state index contributed by atoms with van der Waals surface area (Å²) in [5.74, 6) is 1.03. The summed E-state index contributed by atoms with van der Waals surface area (Å²) in [7, 11) is 3.15. The molecule has 3 aromatic rings. The number of benzene rings is 1. The van der Waals surface area contributed by atoms with Crippen LogP contribution in [0.4, 0.5) is 0 Å². The van der Waals surface area contributed by atoms with Gasteiger partial charge < -0.3 is 14.8 Å². The van der Waals surface area contributed by atoms with E-state index in [1.54, 1.807) is 37.8 Å². The molecule has 1 N–H and O–H groups in total. The Labute approximate surface area is 154 Å². The van der Waals surface area contributed by atoms with Gasteiger partial charge in [-0.15, -0.1) is 11.3 Å². The Balaban J connectivity index is 1.77. The fraction of sp³-hybridized carbons (Fsp3) is 0.278. The highest BCUT2D eigenvalue weighted by molar-refractivity contribution is 7.16. The molecule has 0 fully saturated rings. The molecule has 2 aromatic heterocycles. The minimum atomic E-state index is -0.318. The minimum absolute atomic E-state index is 0.103. The molecule has 1 atom stereocenters. The predicted molar refractivity (Wildman–Crippen MR) is 100.0 cm³/mol. The molecule has 0 spiro atoms. The number of hydrogen-bond acceptors (Lipinski definition) is 6. The largest absolute Gasteiger partial charge is 0.497 e. The smallest absolute Gasteiger partial charge is 0.262 e. The summed E-state index contributed by atoms with van der Waals surface area (Å²) in [6.45, 7) is 1.74. The van der Waals surface area contributed by atoms with Gasteiger partial charge in [0.05, 0.1) is 32.0 Å². The first-order valence-electron chi connectivity index (χ1n) is 7.97. The highest BCUT2D eigenvalue weighted by atomic mass is 32.1. The molecule has 0 aliphatic carbocycles. The number of nitrogens with one attached hydrogen (secondary N) is 1. The van der Waals surface area contributed by atoms with Crippen LogP contribution in [-0.2, 0) is 11.3 Å². The Morgan fingerprint density at radius 3 is 2.85 bits per heavy atom. The normalized spacial score (nSPS) is 12.0. The first-order chi connectivity index (χ1) is 12.5. The number of rotatable bonds is 6. The molecule has 0 aliphatic heterocycles. The second-order valence-electron chi connectivity index (χ2n) is 5.71. The van der Waals surface area contributed by atoms with Crippen LogP contribution in [0.5, 0.6) is 11.5 Å². The topological polar surface area (TPSA) is 82.4 Å². The van der Waals surface area contributed by atoms with Crippen LogP contribution in [0.25, 0.3) is 10.2 Å². The van der Waals surface area contributed by atoms with Crippen molar-refractivity contribution in [3.8, 4) is 11.5 Å². The molecule has 1 aromatic carbocycles. The summed E-state index contributed by atoms with van der Waals surface area (Å²) in [5.41, 5.74) is 0.567. The molecule has 0 saturated carbocycles. The van der Waals surface area contributed by atoms with E-state index >= 15 is 0 Å². The van der Waals surface area contributed by atoms with Gasteiger partial charge in [0.1, 0.15) is 22.9 Å². The summed E-state index contributed by atoms with van der Waals surface area (Å²) >= 11 is 1.39. The lowest BCUT2D eigenvalue weighted by Crippen LogP contribution is -2.34. The maximum Gasteiger partial charge on any atom is 0.262 e. The van der Waals surface area contributed by atoms with Gasteiger partial charge >= 0.3 is 0 Å². The molecule has 2 heterocycles. The molecule has 7 nitrogen and oxygen atoms in total. The quantitative estimate of drug-likeness (QED) is 0.717. The second kappa shape index (κ2) is 7.57. The number of thiophene rings is 1. The van der Waals surface area contributed by atoms with Gasteiger partial charge in [-0.3, -0.25) is 14.2 Å². The van der Waals surface area contributed by atoms with Gasteiger partial charge in [0.2, 0.25) is 5.91 Å². The molecule has 0 unspecified atom stereocenters. The third-order valence-electron chi connectivity index (χ3n) is 4.05. The van der Waals surface area contributed by atoms with E-state index in [-0.39, 0.29) is 24.1 Å².